The van der Waals surface area contributed by atoms with Crippen LogP contribution in [0.25, 0.3) is 10.2 Å². The monoisotopic (exact) mass is 429 g/mol. The molecule has 3 aromatic rings. The summed E-state index contributed by atoms with van der Waals surface area (Å²) in [7, 11) is 0. The number of carbonyl (C=O) groups excluding carboxylic acids is 2. The van der Waals surface area contributed by atoms with Crippen molar-refractivity contribution in [3.05, 3.63) is 52.4 Å². The zero-order valence-corrected chi connectivity index (χ0v) is 17.8. The van der Waals surface area contributed by atoms with Gasteiger partial charge in [-0.1, -0.05) is 18.2 Å². The fraction of sp³-hybridized carbons (Fsp3) is 0.333. The smallest absolute Gasteiger partial charge is 0.260 e. The highest BCUT2D eigenvalue weighted by molar-refractivity contribution is 8.00. The van der Waals surface area contributed by atoms with Crippen LogP contribution < -0.4 is 0 Å². The minimum absolute atomic E-state index is 0.210. The van der Waals surface area contributed by atoms with Gasteiger partial charge in [-0.2, -0.15) is 0 Å². The summed E-state index contributed by atoms with van der Waals surface area (Å²) in [5, 5.41) is 1.39. The number of likely N-dealkylation sites (tertiary alicyclic amines) is 1. The van der Waals surface area contributed by atoms with Gasteiger partial charge < -0.3 is 0 Å². The number of hydrogen-bond acceptors (Lipinski definition) is 6. The average Bonchev–Trinajstić information content (AvgIpc) is 2.89. The number of aryl methyl sites for hydroxylation is 2. The van der Waals surface area contributed by atoms with Crippen LogP contribution in [0.5, 0.6) is 0 Å². The van der Waals surface area contributed by atoms with Crippen LogP contribution in [0.4, 0.5) is 4.39 Å². The maximum atomic E-state index is 13.2. The van der Waals surface area contributed by atoms with Crippen LogP contribution >= 0.6 is 23.1 Å². The highest BCUT2D eigenvalue weighted by atomic mass is 32.2. The largest absolute Gasteiger partial charge is 0.278 e. The number of thiophene rings is 1. The summed E-state index contributed by atoms with van der Waals surface area (Å²) in [5.74, 6) is -0.998. The van der Waals surface area contributed by atoms with E-state index >= 15 is 0 Å². The number of benzene rings is 1. The third kappa shape index (κ3) is 3.91. The van der Waals surface area contributed by atoms with Crippen molar-refractivity contribution >= 4 is 45.1 Å². The molecule has 1 fully saturated rings. The number of amides is 2. The number of rotatable bonds is 3. The highest BCUT2D eigenvalue weighted by Gasteiger charge is 2.33. The molecule has 0 N–H and O–H groups in total. The summed E-state index contributed by atoms with van der Waals surface area (Å²) in [4.78, 5) is 38.3. The lowest BCUT2D eigenvalue weighted by Gasteiger charge is -2.22. The molecule has 1 saturated heterocycles. The quantitative estimate of drug-likeness (QED) is 0.444. The lowest BCUT2D eigenvalue weighted by atomic mass is 10.2. The van der Waals surface area contributed by atoms with Crippen LogP contribution in [0.2, 0.25) is 0 Å². The van der Waals surface area contributed by atoms with Gasteiger partial charge in [0.25, 0.3) is 5.91 Å². The van der Waals surface area contributed by atoms with E-state index in [1.165, 1.54) is 52.1 Å². The molecule has 2 amide bonds. The molecule has 0 saturated carbocycles. The van der Waals surface area contributed by atoms with Crippen molar-refractivity contribution in [1.29, 1.82) is 0 Å². The van der Waals surface area contributed by atoms with Crippen molar-refractivity contribution < 1.29 is 14.0 Å². The summed E-state index contributed by atoms with van der Waals surface area (Å²) >= 11 is 3.03. The number of imide groups is 1. The van der Waals surface area contributed by atoms with Crippen molar-refractivity contribution in [2.24, 2.45) is 0 Å². The second-order valence-electron chi connectivity index (χ2n) is 7.05. The number of thioether (sulfide) groups is 1. The first-order valence-corrected chi connectivity index (χ1v) is 11.1. The number of hydrogen-bond donors (Lipinski definition) is 0. The molecule has 1 aliphatic heterocycles. The Balaban J connectivity index is 1.62. The fourth-order valence-corrected chi connectivity index (χ4v) is 5.76. The molecule has 1 unspecified atom stereocenters. The summed E-state index contributed by atoms with van der Waals surface area (Å²) in [6.45, 7) is 4.47. The first kappa shape index (κ1) is 20.0. The molecule has 0 radical (unpaired) electrons. The number of carbonyl (C=O) groups is 2. The molecular formula is C21H20FN3O2S2. The fourth-order valence-electron chi connectivity index (χ4n) is 3.44. The van der Waals surface area contributed by atoms with E-state index in [1.54, 1.807) is 11.3 Å². The third-order valence-corrected chi connectivity index (χ3v) is 7.53. The van der Waals surface area contributed by atoms with Crippen molar-refractivity contribution in [3.63, 3.8) is 0 Å². The first-order valence-electron chi connectivity index (χ1n) is 9.44. The predicted molar refractivity (Wildman–Crippen MR) is 113 cm³/mol. The van der Waals surface area contributed by atoms with E-state index < -0.39 is 5.82 Å². The molecule has 1 atom stereocenters. The lowest BCUT2D eigenvalue weighted by Crippen LogP contribution is -2.41. The first-order chi connectivity index (χ1) is 14.0. The predicted octanol–water partition coefficient (Wildman–Crippen LogP) is 4.76. The van der Waals surface area contributed by atoms with Crippen molar-refractivity contribution in [3.8, 4) is 0 Å². The minimum atomic E-state index is -0.411. The molecular weight excluding hydrogens is 409 g/mol. The molecule has 3 heterocycles. The molecule has 1 aromatic carbocycles. The second-order valence-corrected chi connectivity index (χ2v) is 9.44. The Morgan fingerprint density at radius 2 is 1.97 bits per heavy atom. The maximum Gasteiger partial charge on any atom is 0.260 e. The van der Waals surface area contributed by atoms with Crippen LogP contribution in [-0.2, 0) is 4.79 Å². The van der Waals surface area contributed by atoms with Crippen molar-refractivity contribution in [1.82, 2.24) is 14.9 Å². The number of aromatic nitrogens is 2. The van der Waals surface area contributed by atoms with Crippen molar-refractivity contribution in [2.45, 2.75) is 43.4 Å². The Labute approximate surface area is 176 Å². The Bertz CT molecular complexity index is 1080. The normalized spacial score (nSPS) is 17.6. The van der Waals surface area contributed by atoms with Crippen LogP contribution in [0.3, 0.4) is 0 Å². The van der Waals surface area contributed by atoms with Gasteiger partial charge in [0.15, 0.2) is 0 Å². The van der Waals surface area contributed by atoms with Crippen LogP contribution in [0.1, 0.15) is 40.1 Å². The molecule has 2 aromatic heterocycles. The summed E-state index contributed by atoms with van der Waals surface area (Å²) < 4.78 is 13.2. The van der Waals surface area contributed by atoms with Crippen LogP contribution in [-0.4, -0.2) is 38.5 Å². The standard InChI is InChI=1S/C21H20FN3O2S2/c1-12-13(2)28-18-17(12)19(24-11-23-18)29-16-5-3-4-10-25(21(16)27)20(26)14-6-8-15(22)9-7-14/h6-9,11,16H,3-5,10H2,1-2H3. The topological polar surface area (TPSA) is 63.2 Å². The van der Waals surface area contributed by atoms with Gasteiger partial charge in [0.1, 0.15) is 22.0 Å². The summed E-state index contributed by atoms with van der Waals surface area (Å²) in [5.41, 5.74) is 1.45. The highest BCUT2D eigenvalue weighted by Crippen LogP contribution is 2.38. The molecule has 8 heteroatoms. The van der Waals surface area contributed by atoms with E-state index in [9.17, 15) is 14.0 Å². The lowest BCUT2D eigenvalue weighted by molar-refractivity contribution is -0.127. The molecule has 0 bridgehead atoms. The van der Waals surface area contributed by atoms with E-state index in [-0.39, 0.29) is 17.1 Å². The molecule has 1 aliphatic rings. The van der Waals surface area contributed by atoms with Crippen LogP contribution in [0, 0.1) is 19.7 Å². The Kier molecular flexibility index (Phi) is 5.65. The maximum absolute atomic E-state index is 13.2. The molecule has 0 spiro atoms. The molecule has 29 heavy (non-hydrogen) atoms. The number of halogens is 1. The Morgan fingerprint density at radius 1 is 1.21 bits per heavy atom. The average molecular weight is 430 g/mol. The zero-order valence-electron chi connectivity index (χ0n) is 16.1. The van der Waals surface area contributed by atoms with Gasteiger partial charge in [-0.05, 0) is 56.5 Å². The minimum Gasteiger partial charge on any atom is -0.278 e. The molecule has 150 valence electrons. The van der Waals surface area contributed by atoms with E-state index in [4.69, 9.17) is 0 Å². The molecule has 4 rings (SSSR count). The Morgan fingerprint density at radius 3 is 2.72 bits per heavy atom. The number of fused-ring (bicyclic) bond motifs is 1. The summed E-state index contributed by atoms with van der Waals surface area (Å²) in [6, 6.07) is 5.31. The van der Waals surface area contributed by atoms with Crippen molar-refractivity contribution in [2.75, 3.05) is 6.54 Å². The van der Waals surface area contributed by atoms with Gasteiger partial charge >= 0.3 is 0 Å². The van der Waals surface area contributed by atoms with E-state index in [0.717, 1.165) is 33.6 Å². The van der Waals surface area contributed by atoms with Gasteiger partial charge in [0.05, 0.1) is 5.25 Å². The molecule has 5 nitrogen and oxygen atoms in total. The Hall–Kier alpha value is -2.32. The van der Waals surface area contributed by atoms with E-state index in [1.807, 2.05) is 6.92 Å². The van der Waals surface area contributed by atoms with Crippen LogP contribution in [0.15, 0.2) is 35.6 Å². The third-order valence-electron chi connectivity index (χ3n) is 5.16. The molecule has 0 aliphatic carbocycles. The SMILES string of the molecule is Cc1sc2ncnc(SC3CCCCN(C(=O)c4ccc(F)cc4)C3=O)c2c1C. The van der Waals surface area contributed by atoms with E-state index in [0.29, 0.717) is 18.5 Å². The van der Waals surface area contributed by atoms with E-state index in [2.05, 4.69) is 16.9 Å². The summed E-state index contributed by atoms with van der Waals surface area (Å²) in [6.07, 6.45) is 3.82. The van der Waals surface area contributed by atoms with Gasteiger partial charge in [0, 0.05) is 22.4 Å². The van der Waals surface area contributed by atoms with Gasteiger partial charge in [-0.3, -0.25) is 14.5 Å². The van der Waals surface area contributed by atoms with Gasteiger partial charge in [-0.15, -0.1) is 11.3 Å². The second kappa shape index (κ2) is 8.20. The number of nitrogens with zero attached hydrogens (tertiary/aromatic N) is 3. The zero-order chi connectivity index (χ0) is 20.5. The van der Waals surface area contributed by atoms with Gasteiger partial charge in [0.2, 0.25) is 5.91 Å². The van der Waals surface area contributed by atoms with Gasteiger partial charge in [-0.25, -0.2) is 14.4 Å².